The molecule has 0 aliphatic carbocycles. The smallest absolute Gasteiger partial charge is 0.325 e. The molecule has 1 amide bonds. The van der Waals surface area contributed by atoms with E-state index in [0.717, 1.165) is 11.1 Å². The topological polar surface area (TPSA) is 119 Å². The van der Waals surface area contributed by atoms with E-state index in [9.17, 15) is 14.2 Å². The molecule has 1 heterocycles. The predicted molar refractivity (Wildman–Crippen MR) is 112 cm³/mol. The second-order valence-electron chi connectivity index (χ2n) is 6.71. The van der Waals surface area contributed by atoms with Crippen LogP contribution in [0.5, 0.6) is 0 Å². The van der Waals surface area contributed by atoms with Gasteiger partial charge in [0, 0.05) is 28.7 Å². The Kier molecular flexibility index (Phi) is 6.55. The van der Waals surface area contributed by atoms with Crippen molar-refractivity contribution < 1.29 is 19.1 Å². The van der Waals surface area contributed by atoms with Crippen molar-refractivity contribution in [3.8, 4) is 0 Å². The monoisotopic (exact) mass is 434 g/mol. The summed E-state index contributed by atoms with van der Waals surface area (Å²) in [5, 5.41) is 3.68. The maximum atomic E-state index is 12.8. The van der Waals surface area contributed by atoms with Gasteiger partial charge in [-0.1, -0.05) is 29.8 Å². The van der Waals surface area contributed by atoms with Gasteiger partial charge in [0.25, 0.3) is 5.91 Å². The van der Waals surface area contributed by atoms with Gasteiger partial charge in [-0.25, -0.2) is 0 Å². The number of hydrogen-bond acceptors (Lipinski definition) is 3. The SMILES string of the molecule is O=C(NCc1ccc(Cl)cc1)c1c[nH]c2ccc(CCCP(=O)(O)O)cc2c1=O. The Morgan fingerprint density at radius 1 is 1.10 bits per heavy atom. The van der Waals surface area contributed by atoms with Crippen LogP contribution in [0.2, 0.25) is 5.02 Å². The Morgan fingerprint density at radius 2 is 1.79 bits per heavy atom. The third-order valence-corrected chi connectivity index (χ3v) is 5.62. The van der Waals surface area contributed by atoms with Crippen molar-refractivity contribution in [2.24, 2.45) is 0 Å². The molecule has 9 heteroatoms. The molecule has 0 saturated heterocycles. The van der Waals surface area contributed by atoms with E-state index in [1.165, 1.54) is 6.20 Å². The number of H-pyrrole nitrogens is 1. The summed E-state index contributed by atoms with van der Waals surface area (Å²) in [5.41, 5.74) is 1.81. The number of fused-ring (bicyclic) bond motifs is 1. The molecule has 29 heavy (non-hydrogen) atoms. The Bertz CT molecular complexity index is 1140. The van der Waals surface area contributed by atoms with E-state index in [1.54, 1.807) is 42.5 Å². The minimum Gasteiger partial charge on any atom is -0.360 e. The number of carbonyl (C=O) groups excluding carboxylic acids is 1. The molecule has 4 N–H and O–H groups in total. The number of pyridine rings is 1. The number of halogens is 1. The molecule has 0 spiro atoms. The minimum atomic E-state index is -4.05. The number of carbonyl (C=O) groups is 1. The molecule has 2 aromatic carbocycles. The highest BCUT2D eigenvalue weighted by Gasteiger charge is 2.14. The van der Waals surface area contributed by atoms with Gasteiger partial charge in [-0.15, -0.1) is 0 Å². The van der Waals surface area contributed by atoms with Crippen LogP contribution in [0.15, 0.2) is 53.5 Å². The number of nitrogens with one attached hydrogen (secondary N) is 2. The Morgan fingerprint density at radius 3 is 2.48 bits per heavy atom. The minimum absolute atomic E-state index is 0.00108. The van der Waals surface area contributed by atoms with Gasteiger partial charge in [-0.05, 0) is 48.2 Å². The zero-order valence-corrected chi connectivity index (χ0v) is 17.0. The van der Waals surface area contributed by atoms with Gasteiger partial charge in [0.15, 0.2) is 0 Å². The van der Waals surface area contributed by atoms with Crippen LogP contribution in [-0.4, -0.2) is 26.8 Å². The molecule has 152 valence electrons. The first-order valence-corrected chi connectivity index (χ1v) is 11.1. The van der Waals surface area contributed by atoms with Crippen molar-refractivity contribution >= 4 is 36.0 Å². The fraction of sp³-hybridized carbons (Fsp3) is 0.200. The molecule has 0 radical (unpaired) electrons. The van der Waals surface area contributed by atoms with Crippen molar-refractivity contribution in [1.82, 2.24) is 10.3 Å². The fourth-order valence-corrected chi connectivity index (χ4v) is 3.65. The van der Waals surface area contributed by atoms with Crippen LogP contribution in [0.25, 0.3) is 10.9 Å². The first-order chi connectivity index (χ1) is 13.7. The maximum Gasteiger partial charge on any atom is 0.325 e. The van der Waals surface area contributed by atoms with Crippen LogP contribution in [0, 0.1) is 0 Å². The number of hydrogen-bond donors (Lipinski definition) is 4. The van der Waals surface area contributed by atoms with Crippen molar-refractivity contribution in [2.75, 3.05) is 6.16 Å². The Balaban J connectivity index is 1.76. The highest BCUT2D eigenvalue weighted by atomic mass is 35.5. The third kappa shape index (κ3) is 5.78. The molecule has 0 bridgehead atoms. The van der Waals surface area contributed by atoms with Crippen LogP contribution in [0.4, 0.5) is 0 Å². The summed E-state index contributed by atoms with van der Waals surface area (Å²) >= 11 is 5.84. The normalized spacial score (nSPS) is 11.6. The first kappa shape index (κ1) is 21.3. The number of amides is 1. The quantitative estimate of drug-likeness (QED) is 0.426. The molecule has 0 aliphatic heterocycles. The van der Waals surface area contributed by atoms with Crippen molar-refractivity contribution in [1.29, 1.82) is 0 Å². The van der Waals surface area contributed by atoms with Crippen molar-refractivity contribution in [3.05, 3.63) is 80.6 Å². The summed E-state index contributed by atoms with van der Waals surface area (Å²) in [6, 6.07) is 12.2. The second kappa shape index (κ2) is 8.93. The number of aryl methyl sites for hydroxylation is 1. The summed E-state index contributed by atoms with van der Waals surface area (Å²) in [5.74, 6) is -0.491. The summed E-state index contributed by atoms with van der Waals surface area (Å²) in [4.78, 5) is 46.1. The first-order valence-electron chi connectivity index (χ1n) is 8.94. The molecule has 7 nitrogen and oxygen atoms in total. The zero-order chi connectivity index (χ0) is 21.0. The van der Waals surface area contributed by atoms with E-state index in [-0.39, 0.29) is 18.3 Å². The number of rotatable bonds is 7. The third-order valence-electron chi connectivity index (χ3n) is 4.47. The lowest BCUT2D eigenvalue weighted by Gasteiger charge is -2.08. The predicted octanol–water partition coefficient (Wildman–Crippen LogP) is 3.22. The molecule has 0 unspecified atom stereocenters. The largest absolute Gasteiger partial charge is 0.360 e. The van der Waals surface area contributed by atoms with Crippen molar-refractivity contribution in [2.45, 2.75) is 19.4 Å². The molecular weight excluding hydrogens is 415 g/mol. The van der Waals surface area contributed by atoms with Crippen LogP contribution < -0.4 is 10.7 Å². The molecule has 3 rings (SSSR count). The maximum absolute atomic E-state index is 12.8. The van der Waals surface area contributed by atoms with Crippen LogP contribution in [-0.2, 0) is 17.5 Å². The number of aromatic amines is 1. The van der Waals surface area contributed by atoms with Gasteiger partial charge < -0.3 is 20.1 Å². The summed E-state index contributed by atoms with van der Waals surface area (Å²) in [7, 11) is -4.05. The van der Waals surface area contributed by atoms with E-state index in [0.29, 0.717) is 28.8 Å². The van der Waals surface area contributed by atoms with Gasteiger partial charge in [-0.2, -0.15) is 0 Å². The zero-order valence-electron chi connectivity index (χ0n) is 15.4. The highest BCUT2D eigenvalue weighted by molar-refractivity contribution is 7.51. The lowest BCUT2D eigenvalue weighted by Crippen LogP contribution is -2.28. The second-order valence-corrected chi connectivity index (χ2v) is 8.93. The Hall–Kier alpha value is -2.44. The van der Waals surface area contributed by atoms with E-state index < -0.39 is 18.9 Å². The summed E-state index contributed by atoms with van der Waals surface area (Å²) < 4.78 is 11.0. The van der Waals surface area contributed by atoms with Gasteiger partial charge in [0.1, 0.15) is 5.56 Å². The van der Waals surface area contributed by atoms with Gasteiger partial charge in [0.2, 0.25) is 5.43 Å². The van der Waals surface area contributed by atoms with E-state index >= 15 is 0 Å². The lowest BCUT2D eigenvalue weighted by molar-refractivity contribution is 0.0949. The average Bonchev–Trinajstić information content (AvgIpc) is 2.67. The molecule has 3 aromatic rings. The van der Waals surface area contributed by atoms with Crippen LogP contribution in [0.3, 0.4) is 0 Å². The summed E-state index contributed by atoms with van der Waals surface area (Å²) in [6.45, 7) is 0.260. The van der Waals surface area contributed by atoms with E-state index in [2.05, 4.69) is 10.3 Å². The molecule has 0 fully saturated rings. The van der Waals surface area contributed by atoms with Crippen molar-refractivity contribution in [3.63, 3.8) is 0 Å². The Labute approximate surface area is 171 Å². The number of aromatic nitrogens is 1. The summed E-state index contributed by atoms with van der Waals surface area (Å²) in [6.07, 6.45) is 1.90. The number of benzene rings is 2. The molecule has 1 aromatic heterocycles. The van der Waals surface area contributed by atoms with Gasteiger partial charge >= 0.3 is 7.60 Å². The average molecular weight is 435 g/mol. The van der Waals surface area contributed by atoms with Gasteiger partial charge in [-0.3, -0.25) is 14.2 Å². The molecule has 0 aliphatic rings. The van der Waals surface area contributed by atoms with E-state index in [4.69, 9.17) is 21.4 Å². The molecule has 0 saturated carbocycles. The fourth-order valence-electron chi connectivity index (χ4n) is 2.96. The molecular formula is C20H20ClN2O5P. The van der Waals surface area contributed by atoms with Crippen LogP contribution in [0.1, 0.15) is 27.9 Å². The van der Waals surface area contributed by atoms with E-state index in [1.807, 2.05) is 0 Å². The van der Waals surface area contributed by atoms with Crippen LogP contribution >= 0.6 is 19.2 Å². The van der Waals surface area contributed by atoms with Gasteiger partial charge in [0.05, 0.1) is 6.16 Å². The standard InChI is InChI=1S/C20H20ClN2O5P/c21-15-6-3-14(4-7-15)11-23-20(25)17-12-22-18-8-5-13(10-16(18)19(17)24)2-1-9-29(26,27)28/h3-8,10,12H,1-2,9,11H2,(H,22,24)(H,23,25)(H2,26,27,28). The lowest BCUT2D eigenvalue weighted by atomic mass is 10.1. The molecule has 0 atom stereocenters. The highest BCUT2D eigenvalue weighted by Crippen LogP contribution is 2.35.